The fraction of sp³-hybridized carbons (Fsp3) is 0.158. The molecule has 3 aromatic rings. The van der Waals surface area contributed by atoms with Gasteiger partial charge in [-0.2, -0.15) is 5.10 Å². The molecule has 6 heteroatoms. The Labute approximate surface area is 151 Å². The number of benzene rings is 2. The summed E-state index contributed by atoms with van der Waals surface area (Å²) >= 11 is 6.11. The summed E-state index contributed by atoms with van der Waals surface area (Å²) in [4.78, 5) is 4.12. The van der Waals surface area contributed by atoms with E-state index in [1.165, 1.54) is 10.2 Å². The minimum Gasteiger partial charge on any atom is -0.488 e. The molecule has 2 aromatic carbocycles. The smallest absolute Gasteiger partial charge is 0.221 e. The molecular weight excluding hydrogens is 336 g/mol. The van der Waals surface area contributed by atoms with Crippen molar-refractivity contribution in [3.05, 3.63) is 76.1 Å². The van der Waals surface area contributed by atoms with Gasteiger partial charge in [-0.05, 0) is 37.6 Å². The van der Waals surface area contributed by atoms with Gasteiger partial charge in [-0.3, -0.25) is 0 Å². The highest BCUT2D eigenvalue weighted by molar-refractivity contribution is 6.30. The third kappa shape index (κ3) is 4.39. The van der Waals surface area contributed by atoms with Gasteiger partial charge in [0, 0.05) is 10.6 Å². The number of nitrogen functional groups attached to an aromatic ring is 1. The molecule has 0 saturated carbocycles. The minimum atomic E-state index is 0.331. The Hall–Kier alpha value is -2.79. The van der Waals surface area contributed by atoms with Gasteiger partial charge in [-0.15, -0.1) is 0 Å². The van der Waals surface area contributed by atoms with E-state index in [1.54, 1.807) is 24.5 Å². The van der Waals surface area contributed by atoms with E-state index in [1.807, 2.05) is 25.1 Å². The van der Waals surface area contributed by atoms with E-state index in [4.69, 9.17) is 22.1 Å². The Bertz CT molecular complexity index is 918. The van der Waals surface area contributed by atoms with Crippen LogP contribution in [0.4, 0.5) is 5.95 Å². The Morgan fingerprint density at radius 3 is 2.80 bits per heavy atom. The fourth-order valence-corrected chi connectivity index (χ4v) is 2.62. The molecule has 0 bridgehead atoms. The largest absolute Gasteiger partial charge is 0.488 e. The predicted octanol–water partition coefficient (Wildman–Crippen LogP) is 4.20. The first-order valence-corrected chi connectivity index (χ1v) is 8.23. The Balaban J connectivity index is 1.81. The number of halogens is 1. The van der Waals surface area contributed by atoms with Gasteiger partial charge in [-0.25, -0.2) is 9.66 Å². The third-order valence-electron chi connectivity index (χ3n) is 3.60. The van der Waals surface area contributed by atoms with Gasteiger partial charge < -0.3 is 10.5 Å². The van der Waals surface area contributed by atoms with E-state index in [9.17, 15) is 0 Å². The lowest BCUT2D eigenvalue weighted by molar-refractivity contribution is 0.305. The summed E-state index contributed by atoms with van der Waals surface area (Å²) in [6, 6.07) is 13.6. The number of hydrogen-bond acceptors (Lipinski definition) is 4. The molecule has 0 aliphatic rings. The van der Waals surface area contributed by atoms with Crippen LogP contribution in [0, 0.1) is 13.8 Å². The van der Waals surface area contributed by atoms with Crippen molar-refractivity contribution in [2.45, 2.75) is 20.5 Å². The highest BCUT2D eigenvalue weighted by atomic mass is 35.5. The van der Waals surface area contributed by atoms with E-state index in [0.717, 1.165) is 16.8 Å². The van der Waals surface area contributed by atoms with Crippen molar-refractivity contribution in [3.63, 3.8) is 0 Å². The second kappa shape index (κ2) is 7.40. The minimum absolute atomic E-state index is 0.331. The van der Waals surface area contributed by atoms with Crippen LogP contribution in [0.2, 0.25) is 5.02 Å². The molecule has 0 aliphatic heterocycles. The molecule has 0 radical (unpaired) electrons. The normalized spacial score (nSPS) is 11.2. The van der Waals surface area contributed by atoms with Crippen LogP contribution in [-0.2, 0) is 6.61 Å². The maximum absolute atomic E-state index is 6.11. The van der Waals surface area contributed by atoms with Crippen LogP contribution in [-0.4, -0.2) is 15.9 Å². The number of ether oxygens (including phenoxy) is 1. The van der Waals surface area contributed by atoms with Crippen molar-refractivity contribution in [2.24, 2.45) is 5.10 Å². The van der Waals surface area contributed by atoms with Crippen LogP contribution in [0.1, 0.15) is 22.4 Å². The molecule has 1 aromatic heterocycles. The highest BCUT2D eigenvalue weighted by Gasteiger charge is 2.05. The zero-order chi connectivity index (χ0) is 17.8. The van der Waals surface area contributed by atoms with E-state index >= 15 is 0 Å². The van der Waals surface area contributed by atoms with Gasteiger partial charge >= 0.3 is 0 Å². The molecule has 3 rings (SSSR count). The number of imidazole rings is 1. The van der Waals surface area contributed by atoms with Crippen molar-refractivity contribution in [3.8, 4) is 5.75 Å². The average Bonchev–Trinajstić information content (AvgIpc) is 2.89. The summed E-state index contributed by atoms with van der Waals surface area (Å²) < 4.78 is 7.47. The van der Waals surface area contributed by atoms with Gasteiger partial charge in [0.2, 0.25) is 5.95 Å². The molecule has 0 spiro atoms. The quantitative estimate of drug-likeness (QED) is 0.698. The average molecular weight is 355 g/mol. The Morgan fingerprint density at radius 2 is 2.08 bits per heavy atom. The predicted molar refractivity (Wildman–Crippen MR) is 101 cm³/mol. The van der Waals surface area contributed by atoms with E-state index < -0.39 is 0 Å². The molecule has 1 heterocycles. The highest BCUT2D eigenvalue weighted by Crippen LogP contribution is 2.23. The number of nitrogens with two attached hydrogens (primary N) is 1. The maximum Gasteiger partial charge on any atom is 0.221 e. The van der Waals surface area contributed by atoms with Gasteiger partial charge in [0.05, 0.1) is 18.1 Å². The zero-order valence-corrected chi connectivity index (χ0v) is 14.9. The molecular formula is C19H19ClN4O. The summed E-state index contributed by atoms with van der Waals surface area (Å²) in [5, 5.41) is 4.94. The molecule has 0 fully saturated rings. The summed E-state index contributed by atoms with van der Waals surface area (Å²) in [6.07, 6.45) is 3.42. The Kier molecular flexibility index (Phi) is 5.05. The van der Waals surface area contributed by atoms with Crippen molar-refractivity contribution in [2.75, 3.05) is 5.73 Å². The van der Waals surface area contributed by atoms with Crippen molar-refractivity contribution in [1.82, 2.24) is 9.66 Å². The zero-order valence-electron chi connectivity index (χ0n) is 14.1. The van der Waals surface area contributed by atoms with Crippen molar-refractivity contribution in [1.29, 1.82) is 0 Å². The van der Waals surface area contributed by atoms with Crippen LogP contribution in [0.25, 0.3) is 0 Å². The molecule has 0 atom stereocenters. The SMILES string of the molecule is Cc1cccc(COc2ccc(Cl)cc2C=Nn2cc(C)nc2N)c1. The molecule has 128 valence electrons. The second-order valence-electron chi connectivity index (χ2n) is 5.79. The lowest BCUT2D eigenvalue weighted by Gasteiger charge is -2.10. The number of nitrogens with zero attached hydrogens (tertiary/aromatic N) is 3. The van der Waals surface area contributed by atoms with Crippen LogP contribution in [0.3, 0.4) is 0 Å². The van der Waals surface area contributed by atoms with Gasteiger partial charge in [0.15, 0.2) is 0 Å². The second-order valence-corrected chi connectivity index (χ2v) is 6.23. The maximum atomic E-state index is 6.11. The molecule has 0 unspecified atom stereocenters. The van der Waals surface area contributed by atoms with Crippen LogP contribution >= 0.6 is 11.6 Å². The first-order chi connectivity index (χ1) is 12.0. The van der Waals surface area contributed by atoms with E-state index in [0.29, 0.717) is 23.3 Å². The van der Waals surface area contributed by atoms with Gasteiger partial charge in [0.1, 0.15) is 12.4 Å². The molecule has 2 N–H and O–H groups in total. The molecule has 25 heavy (non-hydrogen) atoms. The summed E-state index contributed by atoms with van der Waals surface area (Å²) in [7, 11) is 0. The fourth-order valence-electron chi connectivity index (χ4n) is 2.44. The van der Waals surface area contributed by atoms with Crippen molar-refractivity contribution < 1.29 is 4.74 Å². The van der Waals surface area contributed by atoms with Gasteiger partial charge in [-0.1, -0.05) is 41.4 Å². The molecule has 0 saturated heterocycles. The number of rotatable bonds is 5. The molecule has 0 aliphatic carbocycles. The lowest BCUT2D eigenvalue weighted by Crippen LogP contribution is -2.00. The first kappa shape index (κ1) is 17.0. The standard InChI is InChI=1S/C19H19ClN4O/c1-13-4-3-5-15(8-13)12-25-18-7-6-17(20)9-16(18)10-22-24-11-14(2)23-19(24)21/h3-11H,12H2,1-2H3,(H2,21,23). The number of aromatic nitrogens is 2. The third-order valence-corrected chi connectivity index (χ3v) is 3.84. The van der Waals surface area contributed by atoms with Crippen LogP contribution in [0.5, 0.6) is 5.75 Å². The summed E-state index contributed by atoms with van der Waals surface area (Å²) in [5.41, 5.74) is 9.68. The lowest BCUT2D eigenvalue weighted by atomic mass is 10.1. The topological polar surface area (TPSA) is 65.4 Å². The van der Waals surface area contributed by atoms with E-state index in [-0.39, 0.29) is 0 Å². The van der Waals surface area contributed by atoms with Gasteiger partial charge in [0.25, 0.3) is 0 Å². The van der Waals surface area contributed by atoms with Crippen LogP contribution in [0.15, 0.2) is 53.8 Å². The monoisotopic (exact) mass is 354 g/mol. The number of hydrogen-bond donors (Lipinski definition) is 1. The summed E-state index contributed by atoms with van der Waals surface area (Å²) in [6.45, 7) is 4.38. The first-order valence-electron chi connectivity index (χ1n) is 7.85. The molecule has 5 nitrogen and oxygen atoms in total. The van der Waals surface area contributed by atoms with E-state index in [2.05, 4.69) is 29.1 Å². The number of aryl methyl sites for hydroxylation is 2. The molecule has 0 amide bonds. The van der Waals surface area contributed by atoms with Crippen molar-refractivity contribution >= 4 is 23.8 Å². The number of anilines is 1. The van der Waals surface area contributed by atoms with Crippen LogP contribution < -0.4 is 10.5 Å². The Morgan fingerprint density at radius 1 is 1.24 bits per heavy atom. The summed E-state index contributed by atoms with van der Waals surface area (Å²) in [5.74, 6) is 1.03.